The summed E-state index contributed by atoms with van der Waals surface area (Å²) in [6.45, 7) is 7.77. The Hall–Kier alpha value is -0.810. The van der Waals surface area contributed by atoms with Gasteiger partial charge in [0.05, 0.1) is 6.61 Å². The molecule has 3 N–H and O–H groups in total. The van der Waals surface area contributed by atoms with E-state index in [9.17, 15) is 4.79 Å². The first-order valence-electron chi connectivity index (χ1n) is 7.13. The Bertz CT molecular complexity index is 328. The van der Waals surface area contributed by atoms with Gasteiger partial charge in [0, 0.05) is 30.5 Å². The maximum absolute atomic E-state index is 11.7. The van der Waals surface area contributed by atoms with Gasteiger partial charge in [-0.1, -0.05) is 0 Å². The smallest absolute Gasteiger partial charge is 0.407 e. The van der Waals surface area contributed by atoms with Crippen molar-refractivity contribution < 1.29 is 14.3 Å². The minimum atomic E-state index is -0.456. The lowest BCUT2D eigenvalue weighted by atomic mass is 9.85. The number of alkyl carbamates (subject to hydrolysis) is 1. The highest BCUT2D eigenvalue weighted by Gasteiger charge is 2.51. The fraction of sp³-hybridized carbons (Fsp3) is 0.929. The van der Waals surface area contributed by atoms with E-state index >= 15 is 0 Å². The minimum Gasteiger partial charge on any atom is -0.444 e. The lowest BCUT2D eigenvalue weighted by Crippen LogP contribution is -2.46. The minimum absolute atomic E-state index is 0.0648. The molecule has 1 aliphatic carbocycles. The highest BCUT2D eigenvalue weighted by molar-refractivity contribution is 5.67. The average Bonchev–Trinajstić information content (AvgIpc) is 2.88. The molecule has 110 valence electrons. The molecule has 0 aromatic heterocycles. The summed E-state index contributed by atoms with van der Waals surface area (Å²) in [4.78, 5) is 11.7. The molecule has 0 aromatic rings. The highest BCUT2D eigenvalue weighted by atomic mass is 16.6. The Labute approximate surface area is 115 Å². The maximum atomic E-state index is 11.7. The van der Waals surface area contributed by atoms with Crippen LogP contribution in [0, 0.1) is 11.3 Å². The Morgan fingerprint density at radius 3 is 2.68 bits per heavy atom. The largest absolute Gasteiger partial charge is 0.444 e. The number of carbonyl (C=O) groups is 1. The molecule has 5 nitrogen and oxygen atoms in total. The number of hydrogen-bond donors (Lipinski definition) is 2. The van der Waals surface area contributed by atoms with Gasteiger partial charge in [-0.25, -0.2) is 4.79 Å². The summed E-state index contributed by atoms with van der Waals surface area (Å²) in [6, 6.07) is 0.116. The molecule has 19 heavy (non-hydrogen) atoms. The normalized spacial score (nSPS) is 26.8. The molecule has 5 heteroatoms. The molecule has 2 atom stereocenters. The van der Waals surface area contributed by atoms with Gasteiger partial charge in [0.2, 0.25) is 0 Å². The zero-order valence-electron chi connectivity index (χ0n) is 12.2. The molecule has 1 amide bonds. The summed E-state index contributed by atoms with van der Waals surface area (Å²) in [5.74, 6) is 0.433. The number of carbonyl (C=O) groups excluding carboxylic acids is 1. The van der Waals surface area contributed by atoms with Crippen molar-refractivity contribution in [3.8, 4) is 0 Å². The Kier molecular flexibility index (Phi) is 4.06. The second-order valence-corrected chi connectivity index (χ2v) is 6.87. The van der Waals surface area contributed by atoms with Crippen LogP contribution in [-0.2, 0) is 9.47 Å². The van der Waals surface area contributed by atoms with Crippen LogP contribution < -0.4 is 11.1 Å². The summed E-state index contributed by atoms with van der Waals surface area (Å²) in [5.41, 5.74) is 5.97. The monoisotopic (exact) mass is 270 g/mol. The van der Waals surface area contributed by atoms with E-state index in [2.05, 4.69) is 5.32 Å². The first kappa shape index (κ1) is 14.6. The van der Waals surface area contributed by atoms with Crippen molar-refractivity contribution in [3.05, 3.63) is 0 Å². The van der Waals surface area contributed by atoms with Crippen molar-refractivity contribution >= 4 is 6.09 Å². The second kappa shape index (κ2) is 5.29. The van der Waals surface area contributed by atoms with Crippen LogP contribution in [0.15, 0.2) is 0 Å². The molecule has 1 aliphatic heterocycles. The Morgan fingerprint density at radius 2 is 2.21 bits per heavy atom. The zero-order chi connectivity index (χ0) is 14.1. The van der Waals surface area contributed by atoms with Crippen molar-refractivity contribution in [1.82, 2.24) is 5.32 Å². The maximum Gasteiger partial charge on any atom is 0.407 e. The van der Waals surface area contributed by atoms with Crippen molar-refractivity contribution in [1.29, 1.82) is 0 Å². The number of hydrogen-bond acceptors (Lipinski definition) is 4. The first-order chi connectivity index (χ1) is 8.82. The first-order valence-corrected chi connectivity index (χ1v) is 7.13. The van der Waals surface area contributed by atoms with Gasteiger partial charge in [-0.2, -0.15) is 0 Å². The molecule has 1 saturated carbocycles. The molecule has 2 unspecified atom stereocenters. The molecule has 2 fully saturated rings. The second-order valence-electron chi connectivity index (χ2n) is 6.87. The van der Waals surface area contributed by atoms with Gasteiger partial charge < -0.3 is 20.5 Å². The quantitative estimate of drug-likeness (QED) is 0.814. The van der Waals surface area contributed by atoms with E-state index < -0.39 is 5.60 Å². The van der Waals surface area contributed by atoms with Crippen molar-refractivity contribution in [2.75, 3.05) is 19.8 Å². The Balaban J connectivity index is 1.80. The Morgan fingerprint density at radius 1 is 1.53 bits per heavy atom. The predicted molar refractivity (Wildman–Crippen MR) is 72.8 cm³/mol. The molecule has 2 aliphatic rings. The molecular formula is C14H26N2O3. The van der Waals surface area contributed by atoms with Crippen LogP contribution in [0.2, 0.25) is 0 Å². The molecule has 0 spiro atoms. The highest BCUT2D eigenvalue weighted by Crippen LogP contribution is 2.50. The van der Waals surface area contributed by atoms with Gasteiger partial charge in [0.1, 0.15) is 5.60 Å². The van der Waals surface area contributed by atoms with Crippen LogP contribution in [0.25, 0.3) is 0 Å². The van der Waals surface area contributed by atoms with Crippen LogP contribution >= 0.6 is 0 Å². The van der Waals surface area contributed by atoms with Crippen LogP contribution in [0.4, 0.5) is 4.79 Å². The molecule has 1 heterocycles. The summed E-state index contributed by atoms with van der Waals surface area (Å²) < 4.78 is 10.7. The topological polar surface area (TPSA) is 73.6 Å². The van der Waals surface area contributed by atoms with Gasteiger partial charge in [0.25, 0.3) is 0 Å². The van der Waals surface area contributed by atoms with Gasteiger partial charge in [-0.05, 0) is 40.0 Å². The molecular weight excluding hydrogens is 244 g/mol. The van der Waals surface area contributed by atoms with Crippen LogP contribution in [0.1, 0.15) is 40.0 Å². The van der Waals surface area contributed by atoms with Crippen LogP contribution in [-0.4, -0.2) is 37.5 Å². The van der Waals surface area contributed by atoms with Gasteiger partial charge >= 0.3 is 6.09 Å². The van der Waals surface area contributed by atoms with E-state index in [1.807, 2.05) is 20.8 Å². The van der Waals surface area contributed by atoms with Crippen molar-refractivity contribution in [2.24, 2.45) is 17.1 Å². The molecule has 0 bridgehead atoms. The zero-order valence-corrected chi connectivity index (χ0v) is 12.2. The third-order valence-electron chi connectivity index (χ3n) is 4.06. The fourth-order valence-electron chi connectivity index (χ4n) is 2.69. The molecule has 2 rings (SSSR count). The summed E-state index contributed by atoms with van der Waals surface area (Å²) in [7, 11) is 0. The number of rotatable bonds is 4. The molecule has 0 aromatic carbocycles. The SMILES string of the molecule is CC(C)(C)OC(=O)NCC1(C(N)C2CCOC2)CC1. The number of nitrogens with two attached hydrogens (primary N) is 1. The van der Waals surface area contributed by atoms with Gasteiger partial charge in [0.15, 0.2) is 0 Å². The number of ether oxygens (including phenoxy) is 2. The van der Waals surface area contributed by atoms with Crippen LogP contribution in [0.5, 0.6) is 0 Å². The van der Waals surface area contributed by atoms with Gasteiger partial charge in [-0.3, -0.25) is 0 Å². The van der Waals surface area contributed by atoms with Gasteiger partial charge in [-0.15, -0.1) is 0 Å². The van der Waals surface area contributed by atoms with E-state index in [-0.39, 0.29) is 17.6 Å². The summed E-state index contributed by atoms with van der Waals surface area (Å²) in [6.07, 6.45) is 2.85. The standard InChI is InChI=1S/C14H26N2O3/c1-13(2,3)19-12(17)16-9-14(5-6-14)11(15)10-4-7-18-8-10/h10-11H,4-9,15H2,1-3H3,(H,16,17). The average molecular weight is 270 g/mol. The van der Waals surface area contributed by atoms with E-state index in [4.69, 9.17) is 15.2 Å². The number of nitrogens with one attached hydrogen (secondary N) is 1. The van der Waals surface area contributed by atoms with E-state index in [1.165, 1.54) is 0 Å². The molecule has 0 radical (unpaired) electrons. The molecule has 1 saturated heterocycles. The van der Waals surface area contributed by atoms with E-state index in [0.29, 0.717) is 12.5 Å². The summed E-state index contributed by atoms with van der Waals surface area (Å²) in [5, 5.41) is 2.86. The van der Waals surface area contributed by atoms with E-state index in [0.717, 1.165) is 32.5 Å². The predicted octanol–water partition coefficient (Wildman–Crippen LogP) is 1.66. The summed E-state index contributed by atoms with van der Waals surface area (Å²) >= 11 is 0. The van der Waals surface area contributed by atoms with E-state index in [1.54, 1.807) is 0 Å². The fourth-order valence-corrected chi connectivity index (χ4v) is 2.69. The third kappa shape index (κ3) is 3.83. The lowest BCUT2D eigenvalue weighted by molar-refractivity contribution is 0.0509. The number of amides is 1. The van der Waals surface area contributed by atoms with Crippen molar-refractivity contribution in [2.45, 2.75) is 51.7 Å². The lowest BCUT2D eigenvalue weighted by Gasteiger charge is -2.28. The third-order valence-corrected chi connectivity index (χ3v) is 4.06. The van der Waals surface area contributed by atoms with Crippen LogP contribution in [0.3, 0.4) is 0 Å². The van der Waals surface area contributed by atoms with Crippen molar-refractivity contribution in [3.63, 3.8) is 0 Å².